The number of carbonyl (C=O) groups excluding carboxylic acids is 1. The third-order valence-corrected chi connectivity index (χ3v) is 5.34. The molecule has 2 aromatic carbocycles. The van der Waals surface area contributed by atoms with Crippen LogP contribution < -0.4 is 4.74 Å². The lowest BCUT2D eigenvalue weighted by Gasteiger charge is -2.22. The molecule has 0 aliphatic carbocycles. The van der Waals surface area contributed by atoms with Crippen molar-refractivity contribution in [3.8, 4) is 5.75 Å². The van der Waals surface area contributed by atoms with Crippen LogP contribution in [-0.2, 0) is 32.0 Å². The van der Waals surface area contributed by atoms with Gasteiger partial charge in [0.1, 0.15) is 24.8 Å². The summed E-state index contributed by atoms with van der Waals surface area (Å²) in [5, 5.41) is 9.22. The number of hydrogen-bond acceptors (Lipinski definition) is 6. The zero-order chi connectivity index (χ0) is 28.0. The van der Waals surface area contributed by atoms with Crippen molar-refractivity contribution in [1.82, 2.24) is 4.90 Å². The number of hydrogen-bond donors (Lipinski definition) is 1. The molecule has 0 radical (unpaired) electrons. The van der Waals surface area contributed by atoms with Crippen molar-refractivity contribution >= 4 is 12.1 Å². The van der Waals surface area contributed by atoms with Crippen LogP contribution in [-0.4, -0.2) is 73.6 Å². The second kappa shape index (κ2) is 15.8. The standard InChI is InChI=1S/C27H34F3NO7/c1-3-36-24(25(32)33)18-20-6-10-23(11-7-20)37-17-14-31(13-16-35-15-12-27(2,29)30)26(34)38-19-21-4-8-22(28)9-5-21/h4-11,24H,3,12-19H2,1-2H3,(H,32,33). The van der Waals surface area contributed by atoms with Gasteiger partial charge in [0.2, 0.25) is 5.92 Å². The molecular weight excluding hydrogens is 507 g/mol. The Hall–Kier alpha value is -3.31. The van der Waals surface area contributed by atoms with Crippen LogP contribution in [0.25, 0.3) is 0 Å². The van der Waals surface area contributed by atoms with Crippen LogP contribution in [0.1, 0.15) is 31.4 Å². The molecule has 2 rings (SSSR count). The number of amides is 1. The summed E-state index contributed by atoms with van der Waals surface area (Å²) >= 11 is 0. The van der Waals surface area contributed by atoms with E-state index in [2.05, 4.69) is 0 Å². The lowest BCUT2D eigenvalue weighted by molar-refractivity contribution is -0.149. The van der Waals surface area contributed by atoms with Gasteiger partial charge in [-0.2, -0.15) is 0 Å². The lowest BCUT2D eigenvalue weighted by atomic mass is 10.1. The van der Waals surface area contributed by atoms with E-state index in [1.807, 2.05) is 0 Å². The lowest BCUT2D eigenvalue weighted by Crippen LogP contribution is -2.37. The van der Waals surface area contributed by atoms with Crippen molar-refractivity contribution in [1.29, 1.82) is 0 Å². The molecule has 0 spiro atoms. The van der Waals surface area contributed by atoms with Crippen LogP contribution in [0.4, 0.5) is 18.0 Å². The number of benzene rings is 2. The molecule has 1 atom stereocenters. The second-order valence-corrected chi connectivity index (χ2v) is 8.58. The summed E-state index contributed by atoms with van der Waals surface area (Å²) in [6.07, 6.45) is -1.82. The number of rotatable bonds is 17. The first-order valence-corrected chi connectivity index (χ1v) is 12.2. The number of carboxylic acids is 1. The van der Waals surface area contributed by atoms with Gasteiger partial charge in [-0.25, -0.2) is 22.8 Å². The van der Waals surface area contributed by atoms with Crippen LogP contribution in [0.3, 0.4) is 0 Å². The largest absolute Gasteiger partial charge is 0.492 e. The van der Waals surface area contributed by atoms with E-state index < -0.39 is 36.3 Å². The summed E-state index contributed by atoms with van der Waals surface area (Å²) in [6.45, 7) is 2.95. The number of alkyl halides is 2. The number of aliphatic carboxylic acids is 1. The van der Waals surface area contributed by atoms with Crippen molar-refractivity contribution in [2.45, 2.75) is 45.3 Å². The van der Waals surface area contributed by atoms with Gasteiger partial charge < -0.3 is 29.0 Å². The molecule has 8 nitrogen and oxygen atoms in total. The van der Waals surface area contributed by atoms with Gasteiger partial charge in [-0.05, 0) is 49.2 Å². The molecule has 1 amide bonds. The van der Waals surface area contributed by atoms with Gasteiger partial charge in [-0.3, -0.25) is 0 Å². The molecular formula is C27H34F3NO7. The zero-order valence-corrected chi connectivity index (χ0v) is 21.5. The molecule has 1 N–H and O–H groups in total. The van der Waals surface area contributed by atoms with E-state index in [9.17, 15) is 27.9 Å². The van der Waals surface area contributed by atoms with Crippen LogP contribution in [0, 0.1) is 5.82 Å². The van der Waals surface area contributed by atoms with Gasteiger partial charge >= 0.3 is 12.1 Å². The molecule has 2 aromatic rings. The van der Waals surface area contributed by atoms with Gasteiger partial charge in [0.25, 0.3) is 0 Å². The fourth-order valence-electron chi connectivity index (χ4n) is 3.27. The van der Waals surface area contributed by atoms with E-state index in [0.29, 0.717) is 11.3 Å². The fourth-order valence-corrected chi connectivity index (χ4v) is 3.27. The number of nitrogens with zero attached hydrogens (tertiary/aromatic N) is 1. The minimum absolute atomic E-state index is 0.0288. The summed E-state index contributed by atoms with van der Waals surface area (Å²) in [6, 6.07) is 12.4. The normalized spacial score (nSPS) is 12.1. The summed E-state index contributed by atoms with van der Waals surface area (Å²) in [5.41, 5.74) is 1.37. The second-order valence-electron chi connectivity index (χ2n) is 8.58. The maximum Gasteiger partial charge on any atom is 0.410 e. The number of carboxylic acid groups (broad SMARTS) is 1. The highest BCUT2D eigenvalue weighted by atomic mass is 19.3. The monoisotopic (exact) mass is 541 g/mol. The van der Waals surface area contributed by atoms with Crippen molar-refractivity contribution in [3.63, 3.8) is 0 Å². The van der Waals surface area contributed by atoms with Crippen LogP contribution in [0.15, 0.2) is 48.5 Å². The summed E-state index contributed by atoms with van der Waals surface area (Å²) in [5.74, 6) is -3.77. The van der Waals surface area contributed by atoms with Gasteiger partial charge in [0.15, 0.2) is 6.10 Å². The highest BCUT2D eigenvalue weighted by Gasteiger charge is 2.21. The Labute approximate surface area is 220 Å². The van der Waals surface area contributed by atoms with E-state index in [1.54, 1.807) is 31.2 Å². The molecule has 0 aliphatic heterocycles. The van der Waals surface area contributed by atoms with E-state index in [4.69, 9.17) is 18.9 Å². The Morgan fingerprint density at radius 2 is 1.61 bits per heavy atom. The zero-order valence-electron chi connectivity index (χ0n) is 21.5. The maximum absolute atomic E-state index is 13.1. The molecule has 210 valence electrons. The quantitative estimate of drug-likeness (QED) is 0.284. The molecule has 0 aliphatic rings. The summed E-state index contributed by atoms with van der Waals surface area (Å²) < 4.78 is 60.5. The molecule has 11 heteroatoms. The van der Waals surface area contributed by atoms with Crippen molar-refractivity contribution in [2.75, 3.05) is 39.5 Å². The Kier molecular flexibility index (Phi) is 12.9. The van der Waals surface area contributed by atoms with Crippen molar-refractivity contribution in [3.05, 3.63) is 65.5 Å². The molecule has 0 bridgehead atoms. The predicted molar refractivity (Wildman–Crippen MR) is 133 cm³/mol. The van der Waals surface area contributed by atoms with E-state index in [-0.39, 0.29) is 52.5 Å². The third-order valence-electron chi connectivity index (χ3n) is 5.34. The first kappa shape index (κ1) is 30.9. The SMILES string of the molecule is CCOC(Cc1ccc(OCCN(CCOCCC(C)(F)F)C(=O)OCc2ccc(F)cc2)cc1)C(=O)O. The van der Waals surface area contributed by atoms with Crippen LogP contribution in [0.2, 0.25) is 0 Å². The van der Waals surface area contributed by atoms with Crippen molar-refractivity contribution in [2.24, 2.45) is 0 Å². The molecule has 0 saturated carbocycles. The first-order chi connectivity index (χ1) is 18.1. The predicted octanol–water partition coefficient (Wildman–Crippen LogP) is 4.94. The average Bonchev–Trinajstić information content (AvgIpc) is 2.87. The number of ether oxygens (including phenoxy) is 4. The highest BCUT2D eigenvalue weighted by Crippen LogP contribution is 2.17. The molecule has 1 unspecified atom stereocenters. The van der Waals surface area contributed by atoms with E-state index in [1.165, 1.54) is 29.2 Å². The molecule has 0 aromatic heterocycles. The molecule has 0 fully saturated rings. The summed E-state index contributed by atoms with van der Waals surface area (Å²) in [4.78, 5) is 25.2. The van der Waals surface area contributed by atoms with Gasteiger partial charge in [0, 0.05) is 26.0 Å². The van der Waals surface area contributed by atoms with Gasteiger partial charge in [0.05, 0.1) is 19.8 Å². The Bertz CT molecular complexity index is 982. The van der Waals surface area contributed by atoms with Crippen LogP contribution >= 0.6 is 0 Å². The van der Waals surface area contributed by atoms with E-state index >= 15 is 0 Å². The minimum atomic E-state index is -2.84. The molecule has 0 heterocycles. The Balaban J connectivity index is 1.88. The van der Waals surface area contributed by atoms with Gasteiger partial charge in [-0.1, -0.05) is 24.3 Å². The van der Waals surface area contributed by atoms with Crippen LogP contribution in [0.5, 0.6) is 5.75 Å². The fraction of sp³-hybridized carbons (Fsp3) is 0.481. The Morgan fingerprint density at radius 3 is 2.21 bits per heavy atom. The smallest absolute Gasteiger partial charge is 0.410 e. The van der Waals surface area contributed by atoms with Crippen molar-refractivity contribution < 1.29 is 46.8 Å². The average molecular weight is 542 g/mol. The highest BCUT2D eigenvalue weighted by molar-refractivity contribution is 5.72. The maximum atomic E-state index is 13.1. The topological polar surface area (TPSA) is 94.5 Å². The van der Waals surface area contributed by atoms with E-state index in [0.717, 1.165) is 12.5 Å². The summed E-state index contributed by atoms with van der Waals surface area (Å²) in [7, 11) is 0. The van der Waals surface area contributed by atoms with Gasteiger partial charge in [-0.15, -0.1) is 0 Å². The first-order valence-electron chi connectivity index (χ1n) is 12.2. The minimum Gasteiger partial charge on any atom is -0.492 e. The third kappa shape index (κ3) is 12.3. The Morgan fingerprint density at radius 1 is 0.974 bits per heavy atom. The molecule has 0 saturated heterocycles. The number of carbonyl (C=O) groups is 2. The molecule has 38 heavy (non-hydrogen) atoms. The number of halogens is 3.